The zero-order valence-electron chi connectivity index (χ0n) is 12.3. The van der Waals surface area contributed by atoms with Crippen molar-refractivity contribution in [3.8, 4) is 0 Å². The second-order valence-corrected chi connectivity index (χ2v) is 7.56. The fourth-order valence-corrected chi connectivity index (χ4v) is 4.68. The minimum atomic E-state index is -0.132. The number of fused-ring (bicyclic) bond motifs is 1. The SMILES string of the molecule is Cc1ncc(CN(C)C(=O)[C@@]23CCCC[C@H]2CNC3)s1. The van der Waals surface area contributed by atoms with E-state index in [1.807, 2.05) is 25.1 Å². The van der Waals surface area contributed by atoms with Gasteiger partial charge >= 0.3 is 0 Å². The Kier molecular flexibility index (Phi) is 3.82. The van der Waals surface area contributed by atoms with E-state index in [9.17, 15) is 4.79 Å². The Bertz CT molecular complexity index is 501. The van der Waals surface area contributed by atoms with Crippen molar-refractivity contribution in [2.45, 2.75) is 39.2 Å². The van der Waals surface area contributed by atoms with Crippen molar-refractivity contribution < 1.29 is 4.79 Å². The van der Waals surface area contributed by atoms with Crippen LogP contribution >= 0.6 is 11.3 Å². The highest BCUT2D eigenvalue weighted by Crippen LogP contribution is 2.45. The Morgan fingerprint density at radius 1 is 1.60 bits per heavy atom. The van der Waals surface area contributed by atoms with Crippen molar-refractivity contribution in [2.75, 3.05) is 20.1 Å². The fourth-order valence-electron chi connectivity index (χ4n) is 3.83. The minimum Gasteiger partial charge on any atom is -0.340 e. The third kappa shape index (κ3) is 2.37. The number of hydrogen-bond donors (Lipinski definition) is 1. The molecule has 2 aliphatic rings. The molecule has 1 saturated heterocycles. The van der Waals surface area contributed by atoms with Crippen molar-refractivity contribution in [1.29, 1.82) is 0 Å². The van der Waals surface area contributed by atoms with Crippen molar-refractivity contribution in [2.24, 2.45) is 11.3 Å². The number of aromatic nitrogens is 1. The van der Waals surface area contributed by atoms with Gasteiger partial charge in [0.25, 0.3) is 0 Å². The third-order valence-electron chi connectivity index (χ3n) is 4.87. The van der Waals surface area contributed by atoms with E-state index in [1.54, 1.807) is 11.3 Å². The third-order valence-corrected chi connectivity index (χ3v) is 5.77. The van der Waals surface area contributed by atoms with Gasteiger partial charge in [-0.05, 0) is 32.2 Å². The molecule has 0 spiro atoms. The van der Waals surface area contributed by atoms with E-state index in [-0.39, 0.29) is 5.41 Å². The van der Waals surface area contributed by atoms with Crippen molar-refractivity contribution >= 4 is 17.2 Å². The average molecular weight is 293 g/mol. The van der Waals surface area contributed by atoms with Crippen LogP contribution in [0.1, 0.15) is 35.6 Å². The molecule has 3 rings (SSSR count). The van der Waals surface area contributed by atoms with Crippen LogP contribution in [0.25, 0.3) is 0 Å². The van der Waals surface area contributed by atoms with E-state index >= 15 is 0 Å². The minimum absolute atomic E-state index is 0.132. The summed E-state index contributed by atoms with van der Waals surface area (Å²) in [4.78, 5) is 20.3. The van der Waals surface area contributed by atoms with Gasteiger partial charge in [0.15, 0.2) is 0 Å². The van der Waals surface area contributed by atoms with Crippen LogP contribution in [0.5, 0.6) is 0 Å². The molecule has 1 aromatic heterocycles. The first-order chi connectivity index (χ1) is 9.62. The fraction of sp³-hybridized carbons (Fsp3) is 0.733. The van der Waals surface area contributed by atoms with Gasteiger partial charge in [-0.3, -0.25) is 4.79 Å². The predicted molar refractivity (Wildman–Crippen MR) is 80.6 cm³/mol. The standard InChI is InChI=1S/C15H23N3OS/c1-11-17-8-13(20-11)9-18(2)14(19)15-6-4-3-5-12(15)7-16-10-15/h8,12,16H,3-7,9-10H2,1-2H3/t12-,15+/m0/s1. The van der Waals surface area contributed by atoms with Crippen LogP contribution in [0.3, 0.4) is 0 Å². The molecule has 110 valence electrons. The monoisotopic (exact) mass is 293 g/mol. The summed E-state index contributed by atoms with van der Waals surface area (Å²) in [5.74, 6) is 0.868. The average Bonchev–Trinajstić information content (AvgIpc) is 3.04. The Balaban J connectivity index is 1.73. The second-order valence-electron chi connectivity index (χ2n) is 6.24. The maximum atomic E-state index is 13.0. The molecular weight excluding hydrogens is 270 g/mol. The van der Waals surface area contributed by atoms with E-state index < -0.39 is 0 Å². The van der Waals surface area contributed by atoms with Gasteiger partial charge in [0.1, 0.15) is 0 Å². The lowest BCUT2D eigenvalue weighted by Gasteiger charge is -2.39. The number of aryl methyl sites for hydroxylation is 1. The van der Waals surface area contributed by atoms with Crippen LogP contribution in [-0.4, -0.2) is 35.9 Å². The Hall–Kier alpha value is -0.940. The highest BCUT2D eigenvalue weighted by molar-refractivity contribution is 7.11. The molecule has 0 unspecified atom stereocenters. The molecule has 2 fully saturated rings. The Morgan fingerprint density at radius 2 is 2.45 bits per heavy atom. The van der Waals surface area contributed by atoms with Gasteiger partial charge in [0.05, 0.1) is 17.0 Å². The van der Waals surface area contributed by atoms with E-state index in [4.69, 9.17) is 0 Å². The van der Waals surface area contributed by atoms with Crippen LogP contribution in [-0.2, 0) is 11.3 Å². The van der Waals surface area contributed by atoms with Gasteiger partial charge in [-0.2, -0.15) is 0 Å². The molecule has 4 nitrogen and oxygen atoms in total. The normalized spacial score (nSPS) is 29.2. The zero-order valence-corrected chi connectivity index (χ0v) is 13.1. The second kappa shape index (κ2) is 5.45. The van der Waals surface area contributed by atoms with Gasteiger partial charge in [0, 0.05) is 24.7 Å². The molecule has 1 amide bonds. The van der Waals surface area contributed by atoms with E-state index in [2.05, 4.69) is 10.3 Å². The number of rotatable bonds is 3. The summed E-state index contributed by atoms with van der Waals surface area (Å²) in [6, 6.07) is 0. The van der Waals surface area contributed by atoms with E-state index in [0.29, 0.717) is 18.4 Å². The quantitative estimate of drug-likeness (QED) is 0.929. The molecule has 0 bridgehead atoms. The van der Waals surface area contributed by atoms with Crippen LogP contribution < -0.4 is 5.32 Å². The number of nitrogens with zero attached hydrogens (tertiary/aromatic N) is 2. The van der Waals surface area contributed by atoms with Crippen LogP contribution in [0, 0.1) is 18.3 Å². The summed E-state index contributed by atoms with van der Waals surface area (Å²) >= 11 is 1.68. The van der Waals surface area contributed by atoms with Gasteiger partial charge in [-0.1, -0.05) is 12.8 Å². The van der Waals surface area contributed by atoms with Gasteiger partial charge in [-0.25, -0.2) is 4.98 Å². The number of amides is 1. The van der Waals surface area contributed by atoms with E-state index in [0.717, 1.165) is 24.5 Å². The molecular formula is C15H23N3OS. The van der Waals surface area contributed by atoms with Crippen molar-refractivity contribution in [3.63, 3.8) is 0 Å². The maximum Gasteiger partial charge on any atom is 0.230 e. The summed E-state index contributed by atoms with van der Waals surface area (Å²) in [5.41, 5.74) is -0.132. The molecule has 1 aliphatic heterocycles. The number of carbonyl (C=O) groups is 1. The van der Waals surface area contributed by atoms with Crippen molar-refractivity contribution in [1.82, 2.24) is 15.2 Å². The molecule has 1 aliphatic carbocycles. The molecule has 0 aromatic carbocycles. The summed E-state index contributed by atoms with van der Waals surface area (Å²) < 4.78 is 0. The summed E-state index contributed by atoms with van der Waals surface area (Å²) in [6.45, 7) is 4.58. The summed E-state index contributed by atoms with van der Waals surface area (Å²) in [6.07, 6.45) is 6.62. The molecule has 5 heteroatoms. The predicted octanol–water partition coefficient (Wildman–Crippen LogP) is 2.19. The Labute approximate surface area is 124 Å². The molecule has 2 heterocycles. The number of carbonyl (C=O) groups excluding carboxylic acids is 1. The first kappa shape index (κ1) is 14.0. The first-order valence-electron chi connectivity index (χ1n) is 7.49. The molecule has 1 saturated carbocycles. The lowest BCUT2D eigenvalue weighted by molar-refractivity contribution is -0.144. The molecule has 2 atom stereocenters. The lowest BCUT2D eigenvalue weighted by Crippen LogP contribution is -2.48. The highest BCUT2D eigenvalue weighted by Gasteiger charge is 2.50. The first-order valence-corrected chi connectivity index (χ1v) is 8.31. The molecule has 20 heavy (non-hydrogen) atoms. The van der Waals surface area contributed by atoms with Crippen molar-refractivity contribution in [3.05, 3.63) is 16.1 Å². The van der Waals surface area contributed by atoms with Crippen LogP contribution in [0.15, 0.2) is 6.20 Å². The number of thiazole rings is 1. The van der Waals surface area contributed by atoms with Gasteiger partial charge in [-0.15, -0.1) is 11.3 Å². The maximum absolute atomic E-state index is 13.0. The molecule has 0 radical (unpaired) electrons. The van der Waals surface area contributed by atoms with Gasteiger partial charge in [0.2, 0.25) is 5.91 Å². The summed E-state index contributed by atoms with van der Waals surface area (Å²) in [7, 11) is 1.94. The van der Waals surface area contributed by atoms with Crippen LogP contribution in [0.2, 0.25) is 0 Å². The summed E-state index contributed by atoms with van der Waals surface area (Å²) in [5, 5.41) is 4.52. The number of hydrogen-bond acceptors (Lipinski definition) is 4. The van der Waals surface area contributed by atoms with Gasteiger partial charge < -0.3 is 10.2 Å². The van der Waals surface area contributed by atoms with Crippen LogP contribution in [0.4, 0.5) is 0 Å². The largest absolute Gasteiger partial charge is 0.340 e. The number of nitrogens with one attached hydrogen (secondary N) is 1. The highest BCUT2D eigenvalue weighted by atomic mass is 32.1. The Morgan fingerprint density at radius 3 is 3.20 bits per heavy atom. The van der Waals surface area contributed by atoms with E-state index in [1.165, 1.54) is 24.1 Å². The topological polar surface area (TPSA) is 45.2 Å². The molecule has 1 N–H and O–H groups in total. The smallest absolute Gasteiger partial charge is 0.230 e. The zero-order chi connectivity index (χ0) is 14.2. The lowest BCUT2D eigenvalue weighted by atomic mass is 9.67. The molecule has 1 aromatic rings.